The average molecular weight is 272 g/mol. The van der Waals surface area contributed by atoms with Crippen LogP contribution in [0.25, 0.3) is 0 Å². The van der Waals surface area contributed by atoms with Crippen molar-refractivity contribution in [2.75, 3.05) is 6.61 Å². The average Bonchev–Trinajstić information content (AvgIpc) is 3.05. The third-order valence-corrected chi connectivity index (χ3v) is 3.38. The highest BCUT2D eigenvalue weighted by Gasteiger charge is 2.27. The quantitative estimate of drug-likeness (QED) is 0.860. The molecule has 20 heavy (non-hydrogen) atoms. The van der Waals surface area contributed by atoms with Gasteiger partial charge in [-0.2, -0.15) is 5.10 Å². The predicted molar refractivity (Wildman–Crippen MR) is 73.0 cm³/mol. The number of benzene rings is 1. The molecule has 0 spiro atoms. The second-order valence-electron chi connectivity index (χ2n) is 4.84. The Bertz CT molecular complexity index is 638. The van der Waals surface area contributed by atoms with E-state index in [0.717, 1.165) is 11.3 Å². The van der Waals surface area contributed by atoms with E-state index in [1.54, 1.807) is 24.1 Å². The largest absolute Gasteiger partial charge is 0.491 e. The molecule has 3 rings (SSSR count). The third kappa shape index (κ3) is 2.25. The molecule has 1 aliphatic heterocycles. The lowest BCUT2D eigenvalue weighted by Crippen LogP contribution is -2.37. The van der Waals surface area contributed by atoms with Crippen molar-refractivity contribution in [3.05, 3.63) is 47.8 Å². The van der Waals surface area contributed by atoms with Gasteiger partial charge in [0.15, 0.2) is 0 Å². The van der Waals surface area contributed by atoms with Gasteiger partial charge in [0.2, 0.25) is 5.91 Å². The molecule has 0 saturated carbocycles. The Morgan fingerprint density at radius 3 is 3.10 bits per heavy atom. The zero-order valence-corrected chi connectivity index (χ0v) is 11.1. The molecule has 1 amide bonds. The van der Waals surface area contributed by atoms with Gasteiger partial charge < -0.3 is 15.8 Å². The smallest absolute Gasteiger partial charge is 0.242 e. The second kappa shape index (κ2) is 4.97. The van der Waals surface area contributed by atoms with Crippen LogP contribution in [0.2, 0.25) is 0 Å². The van der Waals surface area contributed by atoms with Crippen molar-refractivity contribution in [1.29, 1.82) is 0 Å². The third-order valence-electron chi connectivity index (χ3n) is 3.38. The maximum Gasteiger partial charge on any atom is 0.242 e. The fraction of sp³-hybridized carbons (Fsp3) is 0.286. The molecule has 104 valence electrons. The molecule has 2 aromatic rings. The van der Waals surface area contributed by atoms with Gasteiger partial charge in [0.05, 0.1) is 12.2 Å². The van der Waals surface area contributed by atoms with Gasteiger partial charge in [-0.1, -0.05) is 18.2 Å². The first kappa shape index (κ1) is 12.7. The maximum atomic E-state index is 12.2. The van der Waals surface area contributed by atoms with Crippen LogP contribution in [0.15, 0.2) is 36.7 Å². The highest BCUT2D eigenvalue weighted by atomic mass is 16.5. The van der Waals surface area contributed by atoms with Crippen molar-refractivity contribution in [2.24, 2.45) is 12.8 Å². The highest BCUT2D eigenvalue weighted by Crippen LogP contribution is 2.31. The molecule has 0 fully saturated rings. The zero-order valence-electron chi connectivity index (χ0n) is 11.1. The molecular formula is C14H16N4O2. The summed E-state index contributed by atoms with van der Waals surface area (Å²) in [5, 5.41) is 6.94. The molecule has 1 aliphatic rings. The molecule has 6 nitrogen and oxygen atoms in total. The Kier molecular flexibility index (Phi) is 3.15. The molecule has 6 heteroatoms. The van der Waals surface area contributed by atoms with E-state index in [4.69, 9.17) is 10.5 Å². The number of fused-ring (bicyclic) bond motifs is 1. The van der Waals surface area contributed by atoms with Gasteiger partial charge in [0, 0.05) is 24.4 Å². The topological polar surface area (TPSA) is 82.2 Å². The Balaban J connectivity index is 1.71. The molecule has 2 unspecified atom stereocenters. The van der Waals surface area contributed by atoms with Crippen molar-refractivity contribution in [3.63, 3.8) is 0 Å². The minimum Gasteiger partial charge on any atom is -0.491 e. The van der Waals surface area contributed by atoms with Crippen LogP contribution in [-0.4, -0.2) is 22.3 Å². The molecule has 0 radical (unpaired) electrons. The van der Waals surface area contributed by atoms with Crippen molar-refractivity contribution in [2.45, 2.75) is 12.1 Å². The number of hydrogen-bond acceptors (Lipinski definition) is 4. The molecular weight excluding hydrogens is 256 g/mol. The predicted octanol–water partition coefficient (Wildman–Crippen LogP) is 0.670. The summed E-state index contributed by atoms with van der Waals surface area (Å²) in [6, 6.07) is 6.79. The Labute approximate surface area is 116 Å². The lowest BCUT2D eigenvalue weighted by molar-refractivity contribution is -0.123. The number of nitrogens with one attached hydrogen (secondary N) is 1. The summed E-state index contributed by atoms with van der Waals surface area (Å²) >= 11 is 0. The van der Waals surface area contributed by atoms with Crippen LogP contribution in [-0.2, 0) is 11.8 Å². The lowest BCUT2D eigenvalue weighted by atomic mass is 10.1. The van der Waals surface area contributed by atoms with Gasteiger partial charge in [-0.15, -0.1) is 0 Å². The molecule has 1 aromatic heterocycles. The molecule has 2 heterocycles. The number of aromatic nitrogens is 2. The Morgan fingerprint density at radius 1 is 1.55 bits per heavy atom. The van der Waals surface area contributed by atoms with Crippen LogP contribution in [0, 0.1) is 0 Å². The summed E-state index contributed by atoms with van der Waals surface area (Å²) in [5.41, 5.74) is 7.62. The van der Waals surface area contributed by atoms with Crippen molar-refractivity contribution >= 4 is 5.91 Å². The fourth-order valence-corrected chi connectivity index (χ4v) is 2.30. The standard InChI is InChI=1S/C14H16N4O2/c1-18-7-9(6-16-18)13(15)14(19)17-11-8-20-12-5-3-2-4-10(11)12/h2-7,11,13H,8,15H2,1H3,(H,17,19). The van der Waals surface area contributed by atoms with E-state index in [0.29, 0.717) is 12.2 Å². The first-order chi connectivity index (χ1) is 9.65. The van der Waals surface area contributed by atoms with E-state index in [1.807, 2.05) is 24.3 Å². The first-order valence-electron chi connectivity index (χ1n) is 6.41. The minimum absolute atomic E-state index is 0.151. The first-order valence-corrected chi connectivity index (χ1v) is 6.41. The highest BCUT2D eigenvalue weighted by molar-refractivity contribution is 5.83. The molecule has 0 saturated heterocycles. The number of nitrogens with zero attached hydrogens (tertiary/aromatic N) is 2. The monoisotopic (exact) mass is 272 g/mol. The summed E-state index contributed by atoms with van der Waals surface area (Å²) in [6.45, 7) is 0.435. The summed E-state index contributed by atoms with van der Waals surface area (Å²) in [6.07, 6.45) is 3.34. The number of ether oxygens (including phenoxy) is 1. The van der Waals surface area contributed by atoms with Crippen LogP contribution in [0.4, 0.5) is 0 Å². The van der Waals surface area contributed by atoms with Crippen molar-refractivity contribution in [3.8, 4) is 5.75 Å². The van der Waals surface area contributed by atoms with Crippen LogP contribution in [0.1, 0.15) is 23.2 Å². The number of rotatable bonds is 3. The minimum atomic E-state index is -0.725. The van der Waals surface area contributed by atoms with Crippen LogP contribution < -0.4 is 15.8 Å². The van der Waals surface area contributed by atoms with E-state index in [-0.39, 0.29) is 11.9 Å². The Morgan fingerprint density at radius 2 is 2.35 bits per heavy atom. The molecule has 2 atom stereocenters. The van der Waals surface area contributed by atoms with E-state index >= 15 is 0 Å². The SMILES string of the molecule is Cn1cc(C(N)C(=O)NC2COc3ccccc32)cn1. The summed E-state index contributed by atoms with van der Waals surface area (Å²) in [4.78, 5) is 12.2. The summed E-state index contributed by atoms with van der Waals surface area (Å²) in [5.74, 6) is 0.580. The molecule has 1 aromatic carbocycles. The number of nitrogens with two attached hydrogens (primary N) is 1. The second-order valence-corrected chi connectivity index (χ2v) is 4.84. The van der Waals surface area contributed by atoms with Gasteiger partial charge in [0.1, 0.15) is 18.4 Å². The van der Waals surface area contributed by atoms with Crippen LogP contribution >= 0.6 is 0 Å². The van der Waals surface area contributed by atoms with Gasteiger partial charge >= 0.3 is 0 Å². The van der Waals surface area contributed by atoms with Crippen molar-refractivity contribution < 1.29 is 9.53 Å². The van der Waals surface area contributed by atoms with Crippen LogP contribution in [0.3, 0.4) is 0 Å². The zero-order chi connectivity index (χ0) is 14.1. The van der Waals surface area contributed by atoms with E-state index in [9.17, 15) is 4.79 Å². The van der Waals surface area contributed by atoms with Gasteiger partial charge in [0.25, 0.3) is 0 Å². The van der Waals surface area contributed by atoms with E-state index in [2.05, 4.69) is 10.4 Å². The van der Waals surface area contributed by atoms with Gasteiger partial charge in [-0.3, -0.25) is 9.48 Å². The summed E-state index contributed by atoms with van der Waals surface area (Å²) in [7, 11) is 1.79. The number of para-hydroxylation sites is 1. The van der Waals surface area contributed by atoms with E-state index < -0.39 is 6.04 Å². The van der Waals surface area contributed by atoms with Gasteiger partial charge in [-0.05, 0) is 6.07 Å². The molecule has 0 aliphatic carbocycles. The lowest BCUT2D eigenvalue weighted by Gasteiger charge is -2.15. The number of carbonyl (C=O) groups is 1. The number of carbonyl (C=O) groups excluding carboxylic acids is 1. The van der Waals surface area contributed by atoms with E-state index in [1.165, 1.54) is 0 Å². The number of hydrogen-bond donors (Lipinski definition) is 2. The van der Waals surface area contributed by atoms with Gasteiger partial charge in [-0.25, -0.2) is 0 Å². The number of amides is 1. The Hall–Kier alpha value is -2.34. The number of aryl methyl sites for hydroxylation is 1. The summed E-state index contributed by atoms with van der Waals surface area (Å²) < 4.78 is 7.15. The molecule has 3 N–H and O–H groups in total. The van der Waals surface area contributed by atoms with Crippen molar-refractivity contribution in [1.82, 2.24) is 15.1 Å². The molecule has 0 bridgehead atoms. The van der Waals surface area contributed by atoms with Crippen LogP contribution in [0.5, 0.6) is 5.75 Å². The fourth-order valence-electron chi connectivity index (χ4n) is 2.30. The normalized spacial score (nSPS) is 18.2. The maximum absolute atomic E-state index is 12.2.